The number of hydrogen-bond donors (Lipinski definition) is 2. The van der Waals surface area contributed by atoms with Crippen molar-refractivity contribution in [2.45, 2.75) is 20.3 Å². The average Bonchev–Trinajstić information content (AvgIpc) is 2.95. The summed E-state index contributed by atoms with van der Waals surface area (Å²) in [6.07, 6.45) is 1.64. The molecule has 0 spiro atoms. The summed E-state index contributed by atoms with van der Waals surface area (Å²) in [7, 11) is 0. The van der Waals surface area contributed by atoms with Crippen LogP contribution < -0.4 is 10.9 Å². The second-order valence-electron chi connectivity index (χ2n) is 6.02. The molecule has 1 heterocycles. The number of carbonyl (C=O) groups excluding carboxylic acids is 2. The Morgan fingerprint density at radius 1 is 1.08 bits per heavy atom. The van der Waals surface area contributed by atoms with E-state index in [1.807, 2.05) is 26.0 Å². The van der Waals surface area contributed by atoms with Crippen LogP contribution in [-0.2, 0) is 11.2 Å². The van der Waals surface area contributed by atoms with Crippen LogP contribution in [0.25, 0.3) is 11.0 Å². The lowest BCUT2D eigenvalue weighted by Crippen LogP contribution is -2.42. The number of benzene rings is 2. The Kier molecular flexibility index (Phi) is 5.20. The van der Waals surface area contributed by atoms with Crippen molar-refractivity contribution in [1.29, 1.82) is 0 Å². The van der Waals surface area contributed by atoms with E-state index in [1.54, 1.807) is 12.3 Å². The molecule has 5 nitrogen and oxygen atoms in total. The maximum atomic E-state index is 12.2. The first-order chi connectivity index (χ1) is 12.3. The van der Waals surface area contributed by atoms with Crippen molar-refractivity contribution in [2.24, 2.45) is 0 Å². The van der Waals surface area contributed by atoms with Crippen molar-refractivity contribution >= 4 is 46.0 Å². The summed E-state index contributed by atoms with van der Waals surface area (Å²) < 4.78 is 5.54. The molecule has 0 saturated carbocycles. The van der Waals surface area contributed by atoms with Crippen LogP contribution in [0.1, 0.15) is 27.0 Å². The molecule has 2 N–H and O–H groups in total. The molecule has 2 amide bonds. The molecule has 3 rings (SSSR count). The zero-order valence-electron chi connectivity index (χ0n) is 14.2. The van der Waals surface area contributed by atoms with Crippen LogP contribution in [0.3, 0.4) is 0 Å². The molecule has 0 radical (unpaired) electrons. The van der Waals surface area contributed by atoms with E-state index in [0.717, 1.165) is 27.7 Å². The fourth-order valence-corrected chi connectivity index (χ4v) is 3.34. The predicted molar refractivity (Wildman–Crippen MR) is 101 cm³/mol. The van der Waals surface area contributed by atoms with Crippen molar-refractivity contribution < 1.29 is 14.0 Å². The quantitative estimate of drug-likeness (QED) is 0.652. The van der Waals surface area contributed by atoms with Crippen LogP contribution in [0.4, 0.5) is 0 Å². The normalized spacial score (nSPS) is 10.8. The van der Waals surface area contributed by atoms with Gasteiger partial charge in [0, 0.05) is 16.0 Å². The number of furan rings is 1. The van der Waals surface area contributed by atoms with Gasteiger partial charge in [-0.15, -0.1) is 0 Å². The number of nitrogens with one attached hydrogen (secondary N) is 2. The van der Waals surface area contributed by atoms with E-state index in [2.05, 4.69) is 10.9 Å². The Labute approximate surface area is 160 Å². The van der Waals surface area contributed by atoms with Crippen molar-refractivity contribution in [1.82, 2.24) is 10.9 Å². The lowest BCUT2D eigenvalue weighted by Gasteiger charge is -2.08. The Hall–Kier alpha value is -2.50. The Morgan fingerprint density at radius 2 is 1.85 bits per heavy atom. The van der Waals surface area contributed by atoms with Crippen LogP contribution in [0.2, 0.25) is 10.0 Å². The largest absolute Gasteiger partial charge is 0.464 e. The number of aryl methyl sites for hydroxylation is 2. The molecule has 0 unspecified atom stereocenters. The topological polar surface area (TPSA) is 71.3 Å². The summed E-state index contributed by atoms with van der Waals surface area (Å²) >= 11 is 11.8. The van der Waals surface area contributed by atoms with Gasteiger partial charge in [-0.1, -0.05) is 29.3 Å². The second kappa shape index (κ2) is 7.40. The molecule has 0 saturated heterocycles. The summed E-state index contributed by atoms with van der Waals surface area (Å²) in [6, 6.07) is 8.45. The minimum Gasteiger partial charge on any atom is -0.464 e. The highest BCUT2D eigenvalue weighted by molar-refractivity contribution is 6.36. The third-order valence-electron chi connectivity index (χ3n) is 3.94. The molecule has 0 aliphatic rings. The van der Waals surface area contributed by atoms with E-state index in [-0.39, 0.29) is 22.9 Å². The Balaban J connectivity index is 1.67. The van der Waals surface area contributed by atoms with Crippen molar-refractivity contribution in [3.05, 3.63) is 68.9 Å². The average molecular weight is 391 g/mol. The molecular formula is C19H16Cl2N2O3. The number of carbonyl (C=O) groups is 2. The van der Waals surface area contributed by atoms with E-state index < -0.39 is 5.91 Å². The fourth-order valence-electron chi connectivity index (χ4n) is 2.84. The molecule has 0 bridgehead atoms. The minimum absolute atomic E-state index is 0.0749. The molecule has 3 aromatic rings. The molecule has 0 atom stereocenters. The highest BCUT2D eigenvalue weighted by Crippen LogP contribution is 2.26. The maximum Gasteiger partial charge on any atom is 0.271 e. The van der Waals surface area contributed by atoms with E-state index >= 15 is 0 Å². The first kappa shape index (κ1) is 18.3. The number of fused-ring (bicyclic) bond motifs is 1. The van der Waals surface area contributed by atoms with Gasteiger partial charge >= 0.3 is 0 Å². The van der Waals surface area contributed by atoms with Crippen LogP contribution in [0, 0.1) is 13.8 Å². The predicted octanol–water partition coefficient (Wildman–Crippen LogP) is 4.36. The molecule has 0 fully saturated rings. The first-order valence-corrected chi connectivity index (χ1v) is 8.62. The molecule has 2 aromatic carbocycles. The van der Waals surface area contributed by atoms with Crippen LogP contribution >= 0.6 is 23.2 Å². The monoisotopic (exact) mass is 390 g/mol. The van der Waals surface area contributed by atoms with Gasteiger partial charge < -0.3 is 4.42 Å². The van der Waals surface area contributed by atoms with Crippen molar-refractivity contribution in [3.63, 3.8) is 0 Å². The van der Waals surface area contributed by atoms with E-state index in [4.69, 9.17) is 27.6 Å². The van der Waals surface area contributed by atoms with Crippen molar-refractivity contribution in [3.8, 4) is 0 Å². The standard InChI is InChI=1S/C19H16Cl2N2O3/c1-10-5-11(2)18-12(9-26-16(18)6-10)7-17(24)22-23-19(25)14-4-3-13(20)8-15(14)21/h3-6,8-9H,7H2,1-2H3,(H,22,24)(H,23,25). The van der Waals surface area contributed by atoms with E-state index in [1.165, 1.54) is 12.1 Å². The zero-order chi connectivity index (χ0) is 18.8. The van der Waals surface area contributed by atoms with Gasteiger partial charge in [0.05, 0.1) is 23.3 Å². The first-order valence-electron chi connectivity index (χ1n) is 7.86. The van der Waals surface area contributed by atoms with Gasteiger partial charge in [0.2, 0.25) is 5.91 Å². The molecular weight excluding hydrogens is 375 g/mol. The number of amides is 2. The number of hydrogen-bond acceptors (Lipinski definition) is 3. The number of rotatable bonds is 3. The van der Waals surface area contributed by atoms with Gasteiger partial charge in [-0.05, 0) is 49.2 Å². The molecule has 7 heteroatoms. The maximum absolute atomic E-state index is 12.2. The Bertz CT molecular complexity index is 1010. The Morgan fingerprint density at radius 3 is 2.58 bits per heavy atom. The highest BCUT2D eigenvalue weighted by atomic mass is 35.5. The van der Waals surface area contributed by atoms with Crippen LogP contribution in [0.15, 0.2) is 41.0 Å². The summed E-state index contributed by atoms with van der Waals surface area (Å²) in [4.78, 5) is 24.3. The third kappa shape index (κ3) is 3.84. The molecule has 0 aliphatic carbocycles. The smallest absolute Gasteiger partial charge is 0.271 e. The van der Waals surface area contributed by atoms with Crippen LogP contribution in [0.5, 0.6) is 0 Å². The lowest BCUT2D eigenvalue weighted by molar-refractivity contribution is -0.121. The number of halogens is 2. The van der Waals surface area contributed by atoms with Gasteiger partial charge in [-0.3, -0.25) is 20.4 Å². The van der Waals surface area contributed by atoms with Gasteiger partial charge in [0.15, 0.2) is 0 Å². The molecule has 134 valence electrons. The summed E-state index contributed by atoms with van der Waals surface area (Å²) in [6.45, 7) is 3.95. The molecule has 0 aliphatic heterocycles. The lowest BCUT2D eigenvalue weighted by atomic mass is 10.0. The van der Waals surface area contributed by atoms with E-state index in [9.17, 15) is 9.59 Å². The van der Waals surface area contributed by atoms with Crippen molar-refractivity contribution in [2.75, 3.05) is 0 Å². The zero-order valence-corrected chi connectivity index (χ0v) is 15.7. The summed E-state index contributed by atoms with van der Waals surface area (Å²) in [5.74, 6) is -0.894. The van der Waals surface area contributed by atoms with Gasteiger partial charge in [-0.25, -0.2) is 0 Å². The second-order valence-corrected chi connectivity index (χ2v) is 6.86. The minimum atomic E-state index is -0.524. The molecule has 1 aromatic heterocycles. The fraction of sp³-hybridized carbons (Fsp3) is 0.158. The SMILES string of the molecule is Cc1cc(C)c2c(CC(=O)NNC(=O)c3ccc(Cl)cc3Cl)coc2c1. The molecule has 26 heavy (non-hydrogen) atoms. The van der Waals surface area contributed by atoms with Gasteiger partial charge in [-0.2, -0.15) is 0 Å². The summed E-state index contributed by atoms with van der Waals surface area (Å²) in [5.41, 5.74) is 8.57. The van der Waals surface area contributed by atoms with Gasteiger partial charge in [0.1, 0.15) is 5.58 Å². The van der Waals surface area contributed by atoms with E-state index in [0.29, 0.717) is 5.02 Å². The highest BCUT2D eigenvalue weighted by Gasteiger charge is 2.15. The third-order valence-corrected chi connectivity index (χ3v) is 4.48. The summed E-state index contributed by atoms with van der Waals surface area (Å²) in [5, 5.41) is 1.54. The van der Waals surface area contributed by atoms with Gasteiger partial charge in [0.25, 0.3) is 5.91 Å². The van der Waals surface area contributed by atoms with Crippen LogP contribution in [-0.4, -0.2) is 11.8 Å². The number of hydrazine groups is 1.